The number of furan rings is 1. The van der Waals surface area contributed by atoms with Gasteiger partial charge in [0, 0.05) is 18.0 Å². The number of β-amino-alcohol motifs (C(OH)–C–C–N with tert-alkyl or cyclic N) is 1. The standard InChI is InChI=1S/C18H21NO4/c1-17(2)11-19(12-18(17,3)21)16(20)14-9-10-15(23-14)22-13-7-5-4-6-8-13/h4-10,21H,11-12H2,1-3H3. The number of aliphatic hydroxyl groups is 1. The minimum Gasteiger partial charge on any atom is -0.426 e. The van der Waals surface area contributed by atoms with Crippen molar-refractivity contribution in [2.75, 3.05) is 13.1 Å². The van der Waals surface area contributed by atoms with E-state index in [4.69, 9.17) is 9.15 Å². The number of rotatable bonds is 3. The van der Waals surface area contributed by atoms with Gasteiger partial charge in [0.25, 0.3) is 11.9 Å². The van der Waals surface area contributed by atoms with Crippen LogP contribution in [-0.2, 0) is 0 Å². The monoisotopic (exact) mass is 315 g/mol. The maximum Gasteiger partial charge on any atom is 0.290 e. The summed E-state index contributed by atoms with van der Waals surface area (Å²) >= 11 is 0. The Labute approximate surface area is 135 Å². The van der Waals surface area contributed by atoms with E-state index in [2.05, 4.69) is 0 Å². The number of ether oxygens (including phenoxy) is 1. The molecular formula is C18H21NO4. The van der Waals surface area contributed by atoms with Crippen molar-refractivity contribution in [1.29, 1.82) is 0 Å². The van der Waals surface area contributed by atoms with Crippen LogP contribution in [0.1, 0.15) is 31.3 Å². The van der Waals surface area contributed by atoms with Gasteiger partial charge in [-0.15, -0.1) is 0 Å². The molecule has 5 heteroatoms. The summed E-state index contributed by atoms with van der Waals surface area (Å²) in [6, 6.07) is 12.5. The summed E-state index contributed by atoms with van der Waals surface area (Å²) in [7, 11) is 0. The highest BCUT2D eigenvalue weighted by Gasteiger charge is 2.49. The van der Waals surface area contributed by atoms with E-state index in [0.29, 0.717) is 12.3 Å². The van der Waals surface area contributed by atoms with Crippen molar-refractivity contribution < 1.29 is 19.1 Å². The zero-order valence-electron chi connectivity index (χ0n) is 13.6. The van der Waals surface area contributed by atoms with Gasteiger partial charge in [-0.2, -0.15) is 0 Å². The molecule has 0 spiro atoms. The Morgan fingerprint density at radius 2 is 1.83 bits per heavy atom. The van der Waals surface area contributed by atoms with E-state index in [1.165, 1.54) is 0 Å². The van der Waals surface area contributed by atoms with Crippen LogP contribution >= 0.6 is 0 Å². The first kappa shape index (κ1) is 15.6. The number of carbonyl (C=O) groups excluding carboxylic acids is 1. The Morgan fingerprint density at radius 1 is 1.13 bits per heavy atom. The minimum absolute atomic E-state index is 0.212. The summed E-state index contributed by atoms with van der Waals surface area (Å²) in [6.45, 7) is 6.42. The Bertz CT molecular complexity index is 687. The fraction of sp³-hybridized carbons (Fsp3) is 0.389. The van der Waals surface area contributed by atoms with E-state index in [9.17, 15) is 9.90 Å². The predicted octanol–water partition coefficient (Wildman–Crippen LogP) is 3.30. The molecule has 2 heterocycles. The molecule has 0 radical (unpaired) electrons. The van der Waals surface area contributed by atoms with Crippen molar-refractivity contribution in [2.24, 2.45) is 5.41 Å². The lowest BCUT2D eigenvalue weighted by molar-refractivity contribution is -0.0108. The first-order valence-corrected chi connectivity index (χ1v) is 7.63. The molecule has 1 saturated heterocycles. The van der Waals surface area contributed by atoms with E-state index in [1.54, 1.807) is 24.0 Å². The molecule has 2 aromatic rings. The molecule has 3 rings (SSSR count). The van der Waals surface area contributed by atoms with Crippen LogP contribution in [0.5, 0.6) is 11.7 Å². The molecule has 1 aromatic heterocycles. The lowest BCUT2D eigenvalue weighted by Gasteiger charge is -2.30. The van der Waals surface area contributed by atoms with Gasteiger partial charge in [0.05, 0.1) is 12.1 Å². The van der Waals surface area contributed by atoms with Crippen molar-refractivity contribution in [3.05, 3.63) is 48.2 Å². The van der Waals surface area contributed by atoms with Gasteiger partial charge < -0.3 is 19.2 Å². The number of amides is 1. The highest BCUT2D eigenvalue weighted by Crippen LogP contribution is 2.39. The molecule has 1 atom stereocenters. The van der Waals surface area contributed by atoms with Crippen molar-refractivity contribution in [1.82, 2.24) is 4.90 Å². The van der Waals surface area contributed by atoms with Gasteiger partial charge in [0.15, 0.2) is 5.76 Å². The number of hydrogen-bond donors (Lipinski definition) is 1. The second-order valence-electron chi connectivity index (χ2n) is 6.85. The van der Waals surface area contributed by atoms with Crippen molar-refractivity contribution in [3.63, 3.8) is 0 Å². The molecule has 0 aliphatic carbocycles. The molecule has 1 N–H and O–H groups in total. The molecule has 5 nitrogen and oxygen atoms in total. The summed E-state index contributed by atoms with van der Waals surface area (Å²) in [5, 5.41) is 10.4. The van der Waals surface area contributed by atoms with Crippen LogP contribution in [0.2, 0.25) is 0 Å². The molecule has 0 saturated carbocycles. The number of hydrogen-bond acceptors (Lipinski definition) is 4. The molecule has 1 aliphatic heterocycles. The smallest absolute Gasteiger partial charge is 0.290 e. The third kappa shape index (κ3) is 2.97. The third-order valence-corrected chi connectivity index (χ3v) is 4.58. The number of benzene rings is 1. The first-order chi connectivity index (χ1) is 10.8. The van der Waals surface area contributed by atoms with E-state index >= 15 is 0 Å². The lowest BCUT2D eigenvalue weighted by atomic mass is 9.79. The SMILES string of the molecule is CC1(C)CN(C(=O)c2ccc(Oc3ccccc3)o2)CC1(C)O. The number of carbonyl (C=O) groups is 1. The van der Waals surface area contributed by atoms with Crippen LogP contribution in [-0.4, -0.2) is 34.6 Å². The molecule has 1 amide bonds. The molecule has 0 bridgehead atoms. The number of nitrogens with zero attached hydrogens (tertiary/aromatic N) is 1. The fourth-order valence-electron chi connectivity index (χ4n) is 2.68. The normalized spacial score (nSPS) is 23.0. The maximum absolute atomic E-state index is 12.6. The molecule has 1 aliphatic rings. The zero-order valence-corrected chi connectivity index (χ0v) is 13.6. The van der Waals surface area contributed by atoms with Gasteiger partial charge in [-0.05, 0) is 25.1 Å². The Kier molecular flexibility index (Phi) is 3.68. The van der Waals surface area contributed by atoms with Gasteiger partial charge in [0.1, 0.15) is 5.75 Å². The molecular weight excluding hydrogens is 294 g/mol. The molecule has 1 fully saturated rings. The van der Waals surface area contributed by atoms with Crippen LogP contribution in [0, 0.1) is 5.41 Å². The van der Waals surface area contributed by atoms with Gasteiger partial charge in [0.2, 0.25) is 0 Å². The van der Waals surface area contributed by atoms with Crippen molar-refractivity contribution in [3.8, 4) is 11.7 Å². The number of para-hydroxylation sites is 1. The average Bonchev–Trinajstić information content (AvgIpc) is 3.02. The number of likely N-dealkylation sites (tertiary alicyclic amines) is 1. The van der Waals surface area contributed by atoms with Crippen molar-refractivity contribution >= 4 is 5.91 Å². The maximum atomic E-state index is 12.6. The molecule has 122 valence electrons. The summed E-state index contributed by atoms with van der Waals surface area (Å²) in [5.74, 6) is 0.888. The molecule has 1 unspecified atom stereocenters. The van der Waals surface area contributed by atoms with Gasteiger partial charge in [-0.3, -0.25) is 4.79 Å². The Morgan fingerprint density at radius 3 is 2.43 bits per heavy atom. The predicted molar refractivity (Wildman–Crippen MR) is 85.5 cm³/mol. The topological polar surface area (TPSA) is 62.9 Å². The highest BCUT2D eigenvalue weighted by atomic mass is 16.6. The molecule has 23 heavy (non-hydrogen) atoms. The summed E-state index contributed by atoms with van der Waals surface area (Å²) < 4.78 is 11.1. The summed E-state index contributed by atoms with van der Waals surface area (Å²) in [5.41, 5.74) is -1.28. The Balaban J connectivity index is 1.72. The summed E-state index contributed by atoms with van der Waals surface area (Å²) in [4.78, 5) is 14.2. The second kappa shape index (κ2) is 5.42. The average molecular weight is 315 g/mol. The van der Waals surface area contributed by atoms with Gasteiger partial charge >= 0.3 is 0 Å². The van der Waals surface area contributed by atoms with Crippen LogP contribution in [0.15, 0.2) is 46.9 Å². The largest absolute Gasteiger partial charge is 0.426 e. The van der Waals surface area contributed by atoms with Crippen molar-refractivity contribution in [2.45, 2.75) is 26.4 Å². The zero-order chi connectivity index (χ0) is 16.7. The van der Waals surface area contributed by atoms with Crippen LogP contribution in [0.25, 0.3) is 0 Å². The molecule has 1 aromatic carbocycles. The minimum atomic E-state index is -0.918. The second-order valence-corrected chi connectivity index (χ2v) is 6.85. The Hall–Kier alpha value is -2.27. The first-order valence-electron chi connectivity index (χ1n) is 7.63. The van der Waals surface area contributed by atoms with E-state index in [-0.39, 0.29) is 29.6 Å². The van der Waals surface area contributed by atoms with Gasteiger partial charge in [-0.25, -0.2) is 0 Å². The van der Waals surface area contributed by atoms with Gasteiger partial charge in [-0.1, -0.05) is 32.0 Å². The van der Waals surface area contributed by atoms with Crippen LogP contribution in [0.4, 0.5) is 0 Å². The fourth-order valence-corrected chi connectivity index (χ4v) is 2.68. The van der Waals surface area contributed by atoms with E-state index in [1.807, 2.05) is 44.2 Å². The van der Waals surface area contributed by atoms with Crippen LogP contribution < -0.4 is 4.74 Å². The third-order valence-electron chi connectivity index (χ3n) is 4.58. The summed E-state index contributed by atoms with van der Waals surface area (Å²) in [6.07, 6.45) is 0. The van der Waals surface area contributed by atoms with E-state index < -0.39 is 5.60 Å². The highest BCUT2D eigenvalue weighted by molar-refractivity contribution is 5.92. The lowest BCUT2D eigenvalue weighted by Crippen LogP contribution is -2.40. The van der Waals surface area contributed by atoms with Crippen LogP contribution in [0.3, 0.4) is 0 Å². The quantitative estimate of drug-likeness (QED) is 0.944. The van der Waals surface area contributed by atoms with E-state index in [0.717, 1.165) is 0 Å².